The lowest BCUT2D eigenvalue weighted by molar-refractivity contribution is -0.160. The molecular formula is C32H33NO6. The zero-order valence-electron chi connectivity index (χ0n) is 22.0. The number of amides is 1. The number of nitrogens with zero attached hydrogens (tertiary/aromatic N) is 1. The Balaban J connectivity index is 1.30. The van der Waals surface area contributed by atoms with Gasteiger partial charge in [-0.3, -0.25) is 4.79 Å². The summed E-state index contributed by atoms with van der Waals surface area (Å²) in [6, 6.07) is 21.9. The average Bonchev–Trinajstić information content (AvgIpc) is 3.59. The predicted octanol–water partition coefficient (Wildman–Crippen LogP) is 5.17. The summed E-state index contributed by atoms with van der Waals surface area (Å²) in [7, 11) is 1.57. The van der Waals surface area contributed by atoms with Crippen LogP contribution in [0.5, 0.6) is 11.5 Å². The number of carboxylic acid groups (broad SMARTS) is 1. The summed E-state index contributed by atoms with van der Waals surface area (Å²) < 4.78 is 18.2. The maximum atomic E-state index is 14.1. The Bertz CT molecular complexity index is 1330. The molecular weight excluding hydrogens is 494 g/mol. The molecule has 3 aliphatic rings. The number of carbonyl (C=O) groups is 2. The van der Waals surface area contributed by atoms with Gasteiger partial charge in [-0.25, -0.2) is 4.79 Å². The molecule has 3 aromatic rings. The zero-order valence-corrected chi connectivity index (χ0v) is 22.0. The topological polar surface area (TPSA) is 85.3 Å². The molecule has 1 aliphatic heterocycles. The lowest BCUT2D eigenvalue weighted by Gasteiger charge is -2.38. The number of carboxylic acids is 1. The number of rotatable bonds is 9. The number of hydrogen-bond donors (Lipinski definition) is 1. The number of aliphatic carboxylic acids is 1. The van der Waals surface area contributed by atoms with Crippen molar-refractivity contribution in [2.75, 3.05) is 7.11 Å². The van der Waals surface area contributed by atoms with Crippen molar-refractivity contribution >= 4 is 11.9 Å². The minimum atomic E-state index is -1.06. The van der Waals surface area contributed by atoms with Crippen molar-refractivity contribution in [1.82, 2.24) is 4.90 Å². The molecule has 6 rings (SSSR count). The quantitative estimate of drug-likeness (QED) is 0.413. The highest BCUT2D eigenvalue weighted by Gasteiger charge is 2.48. The molecule has 2 fully saturated rings. The highest BCUT2D eigenvalue weighted by atomic mass is 16.5. The summed E-state index contributed by atoms with van der Waals surface area (Å²) in [4.78, 5) is 28.1. The number of methoxy groups -OCH3 is 1. The number of benzene rings is 3. The summed E-state index contributed by atoms with van der Waals surface area (Å²) in [5.41, 5.74) is 3.35. The van der Waals surface area contributed by atoms with Crippen LogP contribution in [0.3, 0.4) is 0 Å². The second-order valence-corrected chi connectivity index (χ2v) is 10.8. The maximum absolute atomic E-state index is 14.1. The van der Waals surface area contributed by atoms with E-state index in [1.165, 1.54) is 11.3 Å². The Labute approximate surface area is 228 Å². The molecule has 0 spiro atoms. The largest absolute Gasteiger partial charge is 0.493 e. The van der Waals surface area contributed by atoms with Crippen molar-refractivity contribution in [3.8, 4) is 11.5 Å². The highest BCUT2D eigenvalue weighted by Crippen LogP contribution is 2.53. The van der Waals surface area contributed by atoms with Crippen molar-refractivity contribution in [2.45, 2.75) is 57.1 Å². The summed E-state index contributed by atoms with van der Waals surface area (Å²) in [5, 5.41) is 10.3. The fourth-order valence-electron chi connectivity index (χ4n) is 6.14. The highest BCUT2D eigenvalue weighted by molar-refractivity contribution is 5.88. The van der Waals surface area contributed by atoms with Gasteiger partial charge in [0.2, 0.25) is 0 Å². The van der Waals surface area contributed by atoms with Crippen LogP contribution < -0.4 is 9.47 Å². The van der Waals surface area contributed by atoms with Gasteiger partial charge < -0.3 is 24.2 Å². The van der Waals surface area contributed by atoms with E-state index in [9.17, 15) is 14.7 Å². The molecule has 7 nitrogen and oxygen atoms in total. The minimum Gasteiger partial charge on any atom is -0.493 e. The Morgan fingerprint density at radius 1 is 0.949 bits per heavy atom. The van der Waals surface area contributed by atoms with Gasteiger partial charge in [0.25, 0.3) is 5.91 Å². The van der Waals surface area contributed by atoms with E-state index in [0.717, 1.165) is 35.1 Å². The lowest BCUT2D eigenvalue weighted by atomic mass is 9.91. The Hall–Kier alpha value is -3.84. The third-order valence-corrected chi connectivity index (χ3v) is 8.31. The molecule has 39 heavy (non-hydrogen) atoms. The molecule has 0 radical (unpaired) electrons. The van der Waals surface area contributed by atoms with Crippen LogP contribution in [-0.2, 0) is 33.9 Å². The van der Waals surface area contributed by atoms with E-state index in [-0.39, 0.29) is 25.0 Å². The van der Waals surface area contributed by atoms with Crippen LogP contribution in [-0.4, -0.2) is 41.1 Å². The molecule has 3 aromatic carbocycles. The van der Waals surface area contributed by atoms with Gasteiger partial charge in [0.15, 0.2) is 17.6 Å². The van der Waals surface area contributed by atoms with Crippen molar-refractivity contribution < 1.29 is 28.9 Å². The fourth-order valence-corrected chi connectivity index (χ4v) is 6.14. The minimum absolute atomic E-state index is 0.0190. The smallest absolute Gasteiger partial charge is 0.326 e. The molecule has 2 unspecified atom stereocenters. The number of fused-ring (bicyclic) bond motifs is 2. The Morgan fingerprint density at radius 2 is 1.64 bits per heavy atom. The summed E-state index contributed by atoms with van der Waals surface area (Å²) in [6.45, 7) is 0.473. The standard InChI is InChI=1S/C32H33NO6/c1-37-28-13-12-22-18-33(27(32(35)36)17-26(22)30(28)38-19-20-8-4-2-5-9-20)31(34)29(21-10-6-3-7-11-21)39-25-15-23-14-24(23)16-25/h2-13,23-25,27,29H,14-19H2,1H3,(H,35,36)/t23?,24?,25?,27-,29-/m1/s1. The van der Waals surface area contributed by atoms with Crippen LogP contribution in [0.2, 0.25) is 0 Å². The number of hydrogen-bond acceptors (Lipinski definition) is 5. The summed E-state index contributed by atoms with van der Waals surface area (Å²) >= 11 is 0. The molecule has 2 saturated carbocycles. The molecule has 1 heterocycles. The number of ether oxygens (including phenoxy) is 3. The first-order chi connectivity index (χ1) is 19.0. The van der Waals surface area contributed by atoms with Gasteiger partial charge in [0, 0.05) is 18.5 Å². The third kappa shape index (κ3) is 5.23. The maximum Gasteiger partial charge on any atom is 0.326 e. The zero-order chi connectivity index (χ0) is 26.9. The van der Waals surface area contributed by atoms with Crippen molar-refractivity contribution in [3.63, 3.8) is 0 Å². The van der Waals surface area contributed by atoms with E-state index in [1.54, 1.807) is 7.11 Å². The van der Waals surface area contributed by atoms with Crippen molar-refractivity contribution in [1.29, 1.82) is 0 Å². The SMILES string of the molecule is COc1ccc2c(c1OCc1ccccc1)C[C@H](C(=O)O)N(C(=O)[C@H](OC1CC3CC3C1)c1ccccc1)C2. The molecule has 0 bridgehead atoms. The van der Waals surface area contributed by atoms with Gasteiger partial charge in [-0.05, 0) is 53.9 Å². The van der Waals surface area contributed by atoms with Crippen LogP contribution in [0, 0.1) is 11.8 Å². The Morgan fingerprint density at radius 3 is 2.31 bits per heavy atom. The molecule has 4 atom stereocenters. The van der Waals surface area contributed by atoms with Crippen LogP contribution in [0.15, 0.2) is 72.8 Å². The second kappa shape index (κ2) is 10.7. The van der Waals surface area contributed by atoms with E-state index in [1.807, 2.05) is 72.8 Å². The van der Waals surface area contributed by atoms with Gasteiger partial charge in [0.1, 0.15) is 12.6 Å². The lowest BCUT2D eigenvalue weighted by Crippen LogP contribution is -2.50. The summed E-state index contributed by atoms with van der Waals surface area (Å²) in [6.07, 6.45) is 2.48. The first-order valence-corrected chi connectivity index (χ1v) is 13.6. The monoisotopic (exact) mass is 527 g/mol. The molecule has 7 heteroatoms. The van der Waals surface area contributed by atoms with Crippen molar-refractivity contribution in [2.24, 2.45) is 11.8 Å². The van der Waals surface area contributed by atoms with Crippen LogP contribution >= 0.6 is 0 Å². The first kappa shape index (κ1) is 25.4. The van der Waals surface area contributed by atoms with Crippen molar-refractivity contribution in [3.05, 3.63) is 95.1 Å². The first-order valence-electron chi connectivity index (χ1n) is 13.6. The third-order valence-electron chi connectivity index (χ3n) is 8.31. The van der Waals surface area contributed by atoms with E-state index >= 15 is 0 Å². The van der Waals surface area contributed by atoms with E-state index in [0.29, 0.717) is 29.9 Å². The van der Waals surface area contributed by atoms with E-state index in [4.69, 9.17) is 14.2 Å². The fraction of sp³-hybridized carbons (Fsp3) is 0.375. The normalized spacial score (nSPS) is 23.9. The van der Waals surface area contributed by atoms with E-state index < -0.39 is 18.1 Å². The molecule has 0 aromatic heterocycles. The van der Waals surface area contributed by atoms with E-state index in [2.05, 4.69) is 0 Å². The molecule has 1 amide bonds. The van der Waals surface area contributed by atoms with Crippen LogP contribution in [0.25, 0.3) is 0 Å². The number of carbonyl (C=O) groups excluding carboxylic acids is 1. The van der Waals surface area contributed by atoms with Gasteiger partial charge in [-0.15, -0.1) is 0 Å². The van der Waals surface area contributed by atoms with Gasteiger partial charge in [-0.1, -0.05) is 66.7 Å². The summed E-state index contributed by atoms with van der Waals surface area (Å²) in [5.74, 6) is 1.11. The van der Waals surface area contributed by atoms with Gasteiger partial charge in [-0.2, -0.15) is 0 Å². The van der Waals surface area contributed by atoms with Gasteiger partial charge in [0.05, 0.1) is 13.2 Å². The molecule has 0 saturated heterocycles. The van der Waals surface area contributed by atoms with Crippen LogP contribution in [0.4, 0.5) is 0 Å². The molecule has 2 aliphatic carbocycles. The van der Waals surface area contributed by atoms with Gasteiger partial charge >= 0.3 is 5.97 Å². The predicted molar refractivity (Wildman–Crippen MR) is 144 cm³/mol. The second-order valence-electron chi connectivity index (χ2n) is 10.8. The molecule has 1 N–H and O–H groups in total. The van der Waals surface area contributed by atoms with Crippen LogP contribution in [0.1, 0.15) is 47.6 Å². The Kier molecular flexibility index (Phi) is 7.00. The molecule has 202 valence electrons. The average molecular weight is 528 g/mol.